The standard InChI is InChI=1S/C14H18N2O3S/c1-16(11-14(17)7-2-3-8-14)20(18,19)13-6-4-5-12(9-13)10-15/h4-6,9,17H,2-3,7-8,11H2,1H3. The summed E-state index contributed by atoms with van der Waals surface area (Å²) in [5.74, 6) is 0. The molecule has 0 aliphatic heterocycles. The molecular formula is C14H18N2O3S. The van der Waals surface area contributed by atoms with Crippen molar-refractivity contribution < 1.29 is 13.5 Å². The SMILES string of the molecule is CN(CC1(O)CCCC1)S(=O)(=O)c1cccc(C#N)c1. The molecule has 0 spiro atoms. The van der Waals surface area contributed by atoms with Gasteiger partial charge in [-0.3, -0.25) is 0 Å². The summed E-state index contributed by atoms with van der Waals surface area (Å²) in [5.41, 5.74) is -0.617. The predicted molar refractivity (Wildman–Crippen MR) is 74.4 cm³/mol. The molecule has 1 aromatic rings. The van der Waals surface area contributed by atoms with Crippen molar-refractivity contribution in [3.8, 4) is 6.07 Å². The number of nitrogens with zero attached hydrogens (tertiary/aromatic N) is 2. The lowest BCUT2D eigenvalue weighted by atomic mass is 10.0. The molecule has 0 saturated heterocycles. The molecule has 2 rings (SSSR count). The van der Waals surface area contributed by atoms with E-state index in [1.165, 1.54) is 23.5 Å². The number of hydrogen-bond acceptors (Lipinski definition) is 4. The van der Waals surface area contributed by atoms with E-state index in [0.717, 1.165) is 12.8 Å². The Balaban J connectivity index is 2.23. The second-order valence-electron chi connectivity index (χ2n) is 5.33. The van der Waals surface area contributed by atoms with Crippen LogP contribution in [0.2, 0.25) is 0 Å². The van der Waals surface area contributed by atoms with Gasteiger partial charge in [0.25, 0.3) is 0 Å². The normalized spacial score (nSPS) is 18.1. The van der Waals surface area contributed by atoms with Gasteiger partial charge in [0.1, 0.15) is 0 Å². The summed E-state index contributed by atoms with van der Waals surface area (Å²) >= 11 is 0. The third-order valence-electron chi connectivity index (χ3n) is 3.72. The summed E-state index contributed by atoms with van der Waals surface area (Å²) in [4.78, 5) is 0.0839. The molecule has 1 aliphatic rings. The summed E-state index contributed by atoms with van der Waals surface area (Å²) in [7, 11) is -2.21. The minimum atomic E-state index is -3.67. The van der Waals surface area contributed by atoms with E-state index in [1.54, 1.807) is 12.1 Å². The minimum absolute atomic E-state index is 0.0839. The first kappa shape index (κ1) is 15.0. The van der Waals surface area contributed by atoms with Crippen LogP contribution in [0.1, 0.15) is 31.2 Å². The zero-order valence-corrected chi connectivity index (χ0v) is 12.2. The maximum atomic E-state index is 12.4. The van der Waals surface area contributed by atoms with Crippen molar-refractivity contribution in [2.45, 2.75) is 36.2 Å². The zero-order valence-electron chi connectivity index (χ0n) is 11.4. The van der Waals surface area contributed by atoms with Crippen LogP contribution in [0.25, 0.3) is 0 Å². The Labute approximate surface area is 119 Å². The van der Waals surface area contributed by atoms with Gasteiger partial charge in [-0.25, -0.2) is 8.42 Å². The van der Waals surface area contributed by atoms with E-state index in [2.05, 4.69) is 0 Å². The molecule has 1 aliphatic carbocycles. The maximum absolute atomic E-state index is 12.4. The first-order valence-electron chi connectivity index (χ1n) is 6.56. The van der Waals surface area contributed by atoms with Crippen LogP contribution in [0, 0.1) is 11.3 Å². The van der Waals surface area contributed by atoms with Crippen molar-refractivity contribution in [2.24, 2.45) is 0 Å². The Morgan fingerprint density at radius 2 is 2.05 bits per heavy atom. The molecule has 5 nitrogen and oxygen atoms in total. The van der Waals surface area contributed by atoms with E-state index in [1.807, 2.05) is 6.07 Å². The average Bonchev–Trinajstić information content (AvgIpc) is 2.85. The second kappa shape index (κ2) is 5.52. The highest BCUT2D eigenvalue weighted by Gasteiger charge is 2.35. The molecule has 0 atom stereocenters. The number of benzene rings is 1. The molecule has 0 radical (unpaired) electrons. The van der Waals surface area contributed by atoms with Crippen LogP contribution in [-0.2, 0) is 10.0 Å². The van der Waals surface area contributed by atoms with Gasteiger partial charge in [-0.05, 0) is 31.0 Å². The summed E-state index contributed by atoms with van der Waals surface area (Å²) in [6.07, 6.45) is 3.11. The van der Waals surface area contributed by atoms with Crippen molar-refractivity contribution in [3.05, 3.63) is 29.8 Å². The van der Waals surface area contributed by atoms with Crippen molar-refractivity contribution in [2.75, 3.05) is 13.6 Å². The number of nitriles is 1. The van der Waals surface area contributed by atoms with Gasteiger partial charge < -0.3 is 5.11 Å². The van der Waals surface area contributed by atoms with E-state index in [9.17, 15) is 13.5 Å². The van der Waals surface area contributed by atoms with Gasteiger partial charge in [0, 0.05) is 13.6 Å². The highest BCUT2D eigenvalue weighted by molar-refractivity contribution is 7.89. The van der Waals surface area contributed by atoms with Gasteiger partial charge in [0.15, 0.2) is 0 Å². The lowest BCUT2D eigenvalue weighted by Gasteiger charge is -2.28. The van der Waals surface area contributed by atoms with Crippen LogP contribution in [0.3, 0.4) is 0 Å². The fraction of sp³-hybridized carbons (Fsp3) is 0.500. The quantitative estimate of drug-likeness (QED) is 0.912. The highest BCUT2D eigenvalue weighted by Crippen LogP contribution is 2.31. The number of likely N-dealkylation sites (N-methyl/N-ethyl adjacent to an activating group) is 1. The lowest BCUT2D eigenvalue weighted by Crippen LogP contribution is -2.41. The van der Waals surface area contributed by atoms with Crippen LogP contribution in [-0.4, -0.2) is 37.0 Å². The largest absolute Gasteiger partial charge is 0.389 e. The van der Waals surface area contributed by atoms with Crippen molar-refractivity contribution in [1.82, 2.24) is 4.31 Å². The molecule has 20 heavy (non-hydrogen) atoms. The van der Waals surface area contributed by atoms with E-state index in [-0.39, 0.29) is 11.4 Å². The average molecular weight is 294 g/mol. The Kier molecular flexibility index (Phi) is 4.14. The molecule has 1 aromatic carbocycles. The van der Waals surface area contributed by atoms with Gasteiger partial charge in [-0.2, -0.15) is 9.57 Å². The van der Waals surface area contributed by atoms with Crippen molar-refractivity contribution >= 4 is 10.0 Å². The third-order valence-corrected chi connectivity index (χ3v) is 5.52. The van der Waals surface area contributed by atoms with Gasteiger partial charge in [0.05, 0.1) is 22.1 Å². The van der Waals surface area contributed by atoms with Crippen LogP contribution < -0.4 is 0 Å². The smallest absolute Gasteiger partial charge is 0.242 e. The summed E-state index contributed by atoms with van der Waals surface area (Å²) in [5, 5.41) is 19.2. The van der Waals surface area contributed by atoms with Crippen LogP contribution >= 0.6 is 0 Å². The Hall–Kier alpha value is -1.42. The number of sulfonamides is 1. The Bertz CT molecular complexity index is 628. The molecule has 108 valence electrons. The summed E-state index contributed by atoms with van der Waals surface area (Å²) < 4.78 is 26.0. The molecule has 0 bridgehead atoms. The van der Waals surface area contributed by atoms with Gasteiger partial charge in [-0.1, -0.05) is 18.9 Å². The van der Waals surface area contributed by atoms with E-state index in [4.69, 9.17) is 5.26 Å². The van der Waals surface area contributed by atoms with Crippen molar-refractivity contribution in [3.63, 3.8) is 0 Å². The maximum Gasteiger partial charge on any atom is 0.242 e. The Morgan fingerprint density at radius 1 is 1.40 bits per heavy atom. The van der Waals surface area contributed by atoms with Crippen LogP contribution in [0.15, 0.2) is 29.2 Å². The number of hydrogen-bond donors (Lipinski definition) is 1. The lowest BCUT2D eigenvalue weighted by molar-refractivity contribution is 0.0333. The molecule has 0 aromatic heterocycles. The number of aliphatic hydroxyl groups is 1. The molecule has 1 saturated carbocycles. The molecular weight excluding hydrogens is 276 g/mol. The predicted octanol–water partition coefficient (Wildman–Crippen LogP) is 1.48. The Morgan fingerprint density at radius 3 is 2.65 bits per heavy atom. The van der Waals surface area contributed by atoms with E-state index >= 15 is 0 Å². The topological polar surface area (TPSA) is 81.4 Å². The van der Waals surface area contributed by atoms with Crippen LogP contribution in [0.4, 0.5) is 0 Å². The van der Waals surface area contributed by atoms with E-state index < -0.39 is 15.6 Å². The molecule has 0 unspecified atom stereocenters. The van der Waals surface area contributed by atoms with Gasteiger partial charge in [-0.15, -0.1) is 0 Å². The molecule has 1 N–H and O–H groups in total. The highest BCUT2D eigenvalue weighted by atomic mass is 32.2. The van der Waals surface area contributed by atoms with Crippen LogP contribution in [0.5, 0.6) is 0 Å². The summed E-state index contributed by atoms with van der Waals surface area (Å²) in [6, 6.07) is 7.85. The monoisotopic (exact) mass is 294 g/mol. The zero-order chi connectivity index (χ0) is 14.8. The molecule has 0 amide bonds. The first-order chi connectivity index (χ1) is 9.37. The fourth-order valence-corrected chi connectivity index (χ4v) is 3.89. The molecule has 0 heterocycles. The molecule has 6 heteroatoms. The minimum Gasteiger partial charge on any atom is -0.389 e. The van der Waals surface area contributed by atoms with Crippen molar-refractivity contribution in [1.29, 1.82) is 5.26 Å². The van der Waals surface area contributed by atoms with Gasteiger partial charge in [0.2, 0.25) is 10.0 Å². The second-order valence-corrected chi connectivity index (χ2v) is 7.38. The van der Waals surface area contributed by atoms with Gasteiger partial charge >= 0.3 is 0 Å². The summed E-state index contributed by atoms with van der Waals surface area (Å²) in [6.45, 7) is 0.0894. The molecule has 1 fully saturated rings. The van der Waals surface area contributed by atoms with E-state index in [0.29, 0.717) is 18.4 Å². The fourth-order valence-electron chi connectivity index (χ4n) is 2.60. The first-order valence-corrected chi connectivity index (χ1v) is 8.00. The number of rotatable bonds is 4. The third kappa shape index (κ3) is 3.01.